The number of carboxylic acid groups (broad SMARTS) is 1. The van der Waals surface area contributed by atoms with Crippen molar-refractivity contribution in [1.82, 2.24) is 9.48 Å². The number of hydrogen-bond donors (Lipinski definition) is 1. The Morgan fingerprint density at radius 2 is 1.66 bits per heavy atom. The van der Waals surface area contributed by atoms with E-state index in [1.54, 1.807) is 6.07 Å². The van der Waals surface area contributed by atoms with Gasteiger partial charge in [0.15, 0.2) is 5.78 Å². The van der Waals surface area contributed by atoms with Crippen LogP contribution < -0.4 is 14.8 Å². The summed E-state index contributed by atoms with van der Waals surface area (Å²) in [4.78, 5) is 52.4. The van der Waals surface area contributed by atoms with Crippen LogP contribution in [-0.2, 0) is 9.59 Å². The van der Waals surface area contributed by atoms with E-state index in [4.69, 9.17) is 4.42 Å². The third-order valence-electron chi connectivity index (χ3n) is 7.25. The van der Waals surface area contributed by atoms with Crippen molar-refractivity contribution in [2.24, 2.45) is 0 Å². The summed E-state index contributed by atoms with van der Waals surface area (Å²) in [5, 5.41) is 11.8. The summed E-state index contributed by atoms with van der Waals surface area (Å²) >= 11 is 0. The largest absolute Gasteiger partial charge is 0.478 e. The molecule has 0 bridgehead atoms. The van der Waals surface area contributed by atoms with Crippen molar-refractivity contribution in [3.63, 3.8) is 0 Å². The number of Topliss-reactive ketones (excluding diaryl/α,β-unsaturated/α-hetero) is 1. The van der Waals surface area contributed by atoms with Crippen molar-refractivity contribution >= 4 is 40.2 Å². The lowest BCUT2D eigenvalue weighted by atomic mass is 9.88. The Morgan fingerprint density at radius 3 is 2.32 bits per heavy atom. The molecule has 41 heavy (non-hydrogen) atoms. The summed E-state index contributed by atoms with van der Waals surface area (Å²) in [6, 6.07) is 16.1. The molecule has 0 unspecified atom stereocenters. The smallest absolute Gasteiger partial charge is 0.336 e. The molecule has 2 aliphatic heterocycles. The number of amides is 2. The zero-order valence-electron chi connectivity index (χ0n) is 23.3. The molecule has 0 aromatic heterocycles. The van der Waals surface area contributed by atoms with Gasteiger partial charge in [0.1, 0.15) is 25.4 Å². The quantitative estimate of drug-likeness (QED) is 0.153. The lowest BCUT2D eigenvalue weighted by Crippen LogP contribution is -2.31. The Kier molecular flexibility index (Phi) is 7.28. The maximum Gasteiger partial charge on any atom is 0.336 e. The molecular formula is C32H30N3O6+. The van der Waals surface area contributed by atoms with E-state index in [1.807, 2.05) is 74.1 Å². The van der Waals surface area contributed by atoms with Gasteiger partial charge in [-0.3, -0.25) is 19.3 Å². The number of benzene rings is 3. The molecule has 5 rings (SSSR count). The van der Waals surface area contributed by atoms with Crippen LogP contribution in [0.3, 0.4) is 0 Å². The molecule has 2 aromatic carbocycles. The summed E-state index contributed by atoms with van der Waals surface area (Å²) in [5.41, 5.74) is 3.68. The first-order chi connectivity index (χ1) is 19.5. The van der Waals surface area contributed by atoms with Crippen molar-refractivity contribution in [3.05, 3.63) is 83.2 Å². The third kappa shape index (κ3) is 5.26. The van der Waals surface area contributed by atoms with Gasteiger partial charge in [0.25, 0.3) is 11.8 Å². The fourth-order valence-corrected chi connectivity index (χ4v) is 5.02. The highest BCUT2D eigenvalue weighted by atomic mass is 16.4. The van der Waals surface area contributed by atoms with Crippen LogP contribution in [0.4, 0.5) is 5.69 Å². The Hall–Kier alpha value is -5.05. The topological polar surface area (TPSA) is 111 Å². The number of ketones is 1. The molecule has 0 radical (unpaired) electrons. The second kappa shape index (κ2) is 10.8. The molecule has 0 saturated heterocycles. The summed E-state index contributed by atoms with van der Waals surface area (Å²) in [7, 11) is 7.71. The average molecular weight is 553 g/mol. The molecule has 9 heteroatoms. The van der Waals surface area contributed by atoms with E-state index in [0.29, 0.717) is 45.4 Å². The number of aromatic carboxylic acids is 1. The van der Waals surface area contributed by atoms with Crippen LogP contribution >= 0.6 is 0 Å². The van der Waals surface area contributed by atoms with E-state index < -0.39 is 17.8 Å². The number of carboxylic acids is 1. The minimum Gasteiger partial charge on any atom is -0.478 e. The SMILES string of the molecule is CN(C)c1ccc2c(-c3cc(C(=O)CCCN4C(=O)C=CC4=O)ccc3C(=O)O)c3ccc(=[N+](C)C)cc-3oc2c1. The minimum absolute atomic E-state index is 0.0584. The molecule has 1 aliphatic carbocycles. The summed E-state index contributed by atoms with van der Waals surface area (Å²) in [6.45, 7) is 0.133. The highest BCUT2D eigenvalue weighted by Crippen LogP contribution is 2.42. The van der Waals surface area contributed by atoms with Gasteiger partial charge in [0, 0.05) is 79.1 Å². The average Bonchev–Trinajstić information content (AvgIpc) is 3.27. The van der Waals surface area contributed by atoms with Crippen LogP contribution in [0.25, 0.3) is 33.4 Å². The molecule has 2 aromatic rings. The van der Waals surface area contributed by atoms with Gasteiger partial charge in [-0.15, -0.1) is 0 Å². The highest BCUT2D eigenvalue weighted by Gasteiger charge is 2.25. The Morgan fingerprint density at radius 1 is 0.927 bits per heavy atom. The fraction of sp³-hybridized carbons (Fsp3) is 0.219. The molecule has 2 heterocycles. The molecule has 0 spiro atoms. The van der Waals surface area contributed by atoms with E-state index in [9.17, 15) is 24.3 Å². The van der Waals surface area contributed by atoms with Gasteiger partial charge in [-0.05, 0) is 42.3 Å². The van der Waals surface area contributed by atoms with Gasteiger partial charge in [0.2, 0.25) is 5.36 Å². The molecule has 3 aliphatic rings. The number of hydrogen-bond acceptors (Lipinski definition) is 6. The van der Waals surface area contributed by atoms with Crippen molar-refractivity contribution in [2.75, 3.05) is 39.6 Å². The number of rotatable bonds is 8. The van der Waals surface area contributed by atoms with Crippen molar-refractivity contribution in [2.45, 2.75) is 12.8 Å². The monoisotopic (exact) mass is 552 g/mol. The normalized spacial score (nSPS) is 12.9. The number of carbonyl (C=O) groups excluding carboxylic acids is 3. The van der Waals surface area contributed by atoms with Crippen molar-refractivity contribution in [1.29, 1.82) is 0 Å². The first-order valence-corrected chi connectivity index (χ1v) is 13.2. The zero-order valence-corrected chi connectivity index (χ0v) is 23.3. The highest BCUT2D eigenvalue weighted by molar-refractivity contribution is 6.13. The van der Waals surface area contributed by atoms with Crippen LogP contribution in [0.15, 0.2) is 71.2 Å². The van der Waals surface area contributed by atoms with Gasteiger partial charge < -0.3 is 14.4 Å². The summed E-state index contributed by atoms with van der Waals surface area (Å²) in [6.07, 6.45) is 2.81. The molecule has 208 valence electrons. The predicted octanol–water partition coefficient (Wildman–Crippen LogP) is 3.89. The van der Waals surface area contributed by atoms with Gasteiger partial charge in [-0.1, -0.05) is 6.07 Å². The number of fused-ring (bicyclic) bond motifs is 2. The summed E-state index contributed by atoms with van der Waals surface area (Å²) < 4.78 is 8.31. The van der Waals surface area contributed by atoms with Crippen molar-refractivity contribution < 1.29 is 28.7 Å². The van der Waals surface area contributed by atoms with E-state index in [2.05, 4.69) is 0 Å². The molecule has 2 amide bonds. The van der Waals surface area contributed by atoms with E-state index >= 15 is 0 Å². The number of nitrogens with zero attached hydrogens (tertiary/aromatic N) is 3. The fourth-order valence-electron chi connectivity index (χ4n) is 5.02. The van der Waals surface area contributed by atoms with Gasteiger partial charge in [0.05, 0.1) is 11.6 Å². The molecular weight excluding hydrogens is 522 g/mol. The van der Waals surface area contributed by atoms with Crippen LogP contribution in [0.2, 0.25) is 0 Å². The first-order valence-electron chi connectivity index (χ1n) is 13.2. The van der Waals surface area contributed by atoms with Gasteiger partial charge >= 0.3 is 5.97 Å². The van der Waals surface area contributed by atoms with E-state index in [1.165, 1.54) is 24.3 Å². The maximum absolute atomic E-state index is 13.2. The second-order valence-corrected chi connectivity index (χ2v) is 10.4. The third-order valence-corrected chi connectivity index (χ3v) is 7.25. The number of carbonyl (C=O) groups is 4. The van der Waals surface area contributed by atoms with Crippen LogP contribution in [0, 0.1) is 0 Å². The van der Waals surface area contributed by atoms with Crippen molar-refractivity contribution in [3.8, 4) is 22.5 Å². The lowest BCUT2D eigenvalue weighted by Gasteiger charge is -2.19. The zero-order chi connectivity index (χ0) is 29.4. The standard InChI is InChI=1S/C32H29N3O6/c1-33(2)20-8-11-23-27(17-20)41-28-18-21(34(3)4)9-12-24(28)31(23)25-16-19(7-10-22(25)32(39)40)26(36)6-5-15-35-29(37)13-14-30(35)38/h7-14,16-18H,5-6,15H2,1-4H3/p+1. The van der Waals surface area contributed by atoms with E-state index in [-0.39, 0.29) is 24.3 Å². The molecule has 1 N–H and O–H groups in total. The van der Waals surface area contributed by atoms with Crippen LogP contribution in [0.1, 0.15) is 33.6 Å². The number of anilines is 1. The molecule has 0 saturated carbocycles. The van der Waals surface area contributed by atoms with Gasteiger partial charge in [-0.2, -0.15) is 0 Å². The van der Waals surface area contributed by atoms with Crippen LogP contribution in [0.5, 0.6) is 0 Å². The first kappa shape index (κ1) is 27.5. The molecule has 0 fully saturated rings. The maximum atomic E-state index is 13.2. The lowest BCUT2D eigenvalue weighted by molar-refractivity contribution is -0.136. The Labute approximate surface area is 236 Å². The van der Waals surface area contributed by atoms with E-state index in [0.717, 1.165) is 15.9 Å². The van der Waals surface area contributed by atoms with Crippen LogP contribution in [-0.4, -0.2) is 68.3 Å². The summed E-state index contributed by atoms with van der Waals surface area (Å²) in [5.74, 6) is -1.53. The number of imide groups is 1. The Bertz CT molecular complexity index is 1790. The Balaban J connectivity index is 1.64. The second-order valence-electron chi connectivity index (χ2n) is 10.4. The molecule has 0 atom stereocenters. The minimum atomic E-state index is -1.12. The predicted molar refractivity (Wildman–Crippen MR) is 156 cm³/mol. The van der Waals surface area contributed by atoms with Gasteiger partial charge in [-0.25, -0.2) is 9.37 Å². The molecule has 9 nitrogen and oxygen atoms in total.